The lowest BCUT2D eigenvalue weighted by atomic mass is 10.0. The van der Waals surface area contributed by atoms with Gasteiger partial charge in [-0.15, -0.1) is 0 Å². The third-order valence-electron chi connectivity index (χ3n) is 8.86. The summed E-state index contributed by atoms with van der Waals surface area (Å²) in [4.78, 5) is 30.5. The van der Waals surface area contributed by atoms with Crippen LogP contribution in [0.15, 0.2) is 108 Å². The molecular weight excluding hydrogens is 595 g/mol. The molecule has 0 bridgehead atoms. The molecule has 0 radical (unpaired) electrons. The summed E-state index contributed by atoms with van der Waals surface area (Å²) >= 11 is 0. The second kappa shape index (κ2) is 14.8. The number of carbonyl (C=O) groups is 2. The predicted molar refractivity (Wildman–Crippen MR) is 183 cm³/mol. The van der Waals surface area contributed by atoms with E-state index in [9.17, 15) is 18.0 Å². The minimum absolute atomic E-state index is 0.0617. The van der Waals surface area contributed by atoms with Gasteiger partial charge in [-0.1, -0.05) is 103 Å². The van der Waals surface area contributed by atoms with Gasteiger partial charge in [0, 0.05) is 19.0 Å². The van der Waals surface area contributed by atoms with Crippen LogP contribution >= 0.6 is 0 Å². The molecule has 4 aromatic rings. The van der Waals surface area contributed by atoms with Crippen molar-refractivity contribution in [1.29, 1.82) is 0 Å². The van der Waals surface area contributed by atoms with Crippen molar-refractivity contribution in [3.8, 4) is 0 Å². The van der Waals surface area contributed by atoms with Crippen LogP contribution in [-0.2, 0) is 32.6 Å². The molecule has 0 spiro atoms. The Morgan fingerprint density at radius 1 is 0.804 bits per heavy atom. The molecule has 1 saturated carbocycles. The highest BCUT2D eigenvalue weighted by Crippen LogP contribution is 2.29. The number of rotatable bonds is 12. The zero-order chi connectivity index (χ0) is 32.7. The topological polar surface area (TPSA) is 86.8 Å². The summed E-state index contributed by atoms with van der Waals surface area (Å²) < 4.78 is 29.7. The first-order valence-corrected chi connectivity index (χ1v) is 17.4. The molecule has 1 fully saturated rings. The molecular formula is C38H43N3O4S. The van der Waals surface area contributed by atoms with Gasteiger partial charge in [0.05, 0.1) is 10.6 Å². The Bertz CT molecular complexity index is 1750. The molecule has 0 heterocycles. The summed E-state index contributed by atoms with van der Waals surface area (Å²) in [7, 11) is -4.14. The zero-order valence-electron chi connectivity index (χ0n) is 26.9. The fourth-order valence-corrected chi connectivity index (χ4v) is 7.66. The molecule has 1 aliphatic rings. The van der Waals surface area contributed by atoms with E-state index in [1.165, 1.54) is 16.4 Å². The van der Waals surface area contributed by atoms with Crippen LogP contribution in [0.2, 0.25) is 0 Å². The SMILES string of the molecule is Cc1cccc(CN(C(=O)CN(c2cccc(C)c2C)S(=O)(=O)c2ccccc2)[C@H](Cc2ccccc2)C(=O)NC2CCCC2)c1. The number of nitrogens with zero attached hydrogens (tertiary/aromatic N) is 2. The van der Waals surface area contributed by atoms with Gasteiger partial charge < -0.3 is 10.2 Å². The molecule has 1 N–H and O–H groups in total. The fraction of sp³-hybridized carbons (Fsp3) is 0.316. The van der Waals surface area contributed by atoms with Gasteiger partial charge in [-0.25, -0.2) is 8.42 Å². The molecule has 0 aliphatic heterocycles. The van der Waals surface area contributed by atoms with Crippen LogP contribution in [-0.4, -0.2) is 43.8 Å². The molecule has 5 rings (SSSR count). The lowest BCUT2D eigenvalue weighted by molar-refractivity contribution is -0.140. The summed E-state index contributed by atoms with van der Waals surface area (Å²) in [6, 6.07) is 30.3. The maximum absolute atomic E-state index is 14.7. The molecule has 1 aliphatic carbocycles. The maximum atomic E-state index is 14.7. The maximum Gasteiger partial charge on any atom is 0.264 e. The molecule has 240 valence electrons. The molecule has 46 heavy (non-hydrogen) atoms. The molecule has 0 saturated heterocycles. The Balaban J connectivity index is 1.59. The van der Waals surface area contributed by atoms with E-state index < -0.39 is 28.5 Å². The second-order valence-corrected chi connectivity index (χ2v) is 14.1. The van der Waals surface area contributed by atoms with E-state index in [1.54, 1.807) is 35.2 Å². The molecule has 0 unspecified atom stereocenters. The monoisotopic (exact) mass is 637 g/mol. The average molecular weight is 638 g/mol. The van der Waals surface area contributed by atoms with E-state index in [0.29, 0.717) is 12.1 Å². The van der Waals surface area contributed by atoms with Crippen molar-refractivity contribution < 1.29 is 18.0 Å². The number of carbonyl (C=O) groups excluding carboxylic acids is 2. The van der Waals surface area contributed by atoms with E-state index in [1.807, 2.05) is 81.4 Å². The number of sulfonamides is 1. The van der Waals surface area contributed by atoms with E-state index >= 15 is 0 Å². The first kappa shape index (κ1) is 32.9. The molecule has 4 aromatic carbocycles. The quantitative estimate of drug-likeness (QED) is 0.192. The Hall–Kier alpha value is -4.43. The Labute approximate surface area is 273 Å². The highest BCUT2D eigenvalue weighted by molar-refractivity contribution is 7.92. The lowest BCUT2D eigenvalue weighted by Gasteiger charge is -2.35. The molecule has 7 nitrogen and oxygen atoms in total. The van der Waals surface area contributed by atoms with Crippen LogP contribution in [0, 0.1) is 20.8 Å². The third-order valence-corrected chi connectivity index (χ3v) is 10.6. The highest BCUT2D eigenvalue weighted by Gasteiger charge is 2.36. The van der Waals surface area contributed by atoms with Crippen LogP contribution < -0.4 is 9.62 Å². The number of anilines is 1. The van der Waals surface area contributed by atoms with Gasteiger partial charge in [-0.2, -0.15) is 0 Å². The Kier molecular flexibility index (Phi) is 10.6. The van der Waals surface area contributed by atoms with E-state index in [0.717, 1.165) is 53.5 Å². The zero-order valence-corrected chi connectivity index (χ0v) is 27.7. The number of aryl methyl sites for hydroxylation is 2. The smallest absolute Gasteiger partial charge is 0.264 e. The summed E-state index contributed by atoms with van der Waals surface area (Å²) in [6.07, 6.45) is 4.23. The molecule has 2 amide bonds. The highest BCUT2D eigenvalue weighted by atomic mass is 32.2. The second-order valence-electron chi connectivity index (χ2n) is 12.2. The first-order valence-electron chi connectivity index (χ1n) is 16.0. The van der Waals surface area contributed by atoms with Crippen LogP contribution in [0.5, 0.6) is 0 Å². The number of hydrogen-bond donors (Lipinski definition) is 1. The van der Waals surface area contributed by atoms with Gasteiger partial charge in [0.1, 0.15) is 12.6 Å². The van der Waals surface area contributed by atoms with Gasteiger partial charge in [0.25, 0.3) is 10.0 Å². The minimum atomic E-state index is -4.14. The molecule has 8 heteroatoms. The van der Waals surface area contributed by atoms with Crippen molar-refractivity contribution in [1.82, 2.24) is 10.2 Å². The number of amides is 2. The third kappa shape index (κ3) is 7.85. The Morgan fingerprint density at radius 2 is 1.43 bits per heavy atom. The minimum Gasteiger partial charge on any atom is -0.352 e. The number of benzene rings is 4. The van der Waals surface area contributed by atoms with Crippen molar-refractivity contribution in [2.45, 2.75) is 76.4 Å². The van der Waals surface area contributed by atoms with Crippen molar-refractivity contribution in [2.24, 2.45) is 0 Å². The van der Waals surface area contributed by atoms with Crippen LogP contribution in [0.25, 0.3) is 0 Å². The summed E-state index contributed by atoms with van der Waals surface area (Å²) in [6.45, 7) is 5.46. The van der Waals surface area contributed by atoms with Gasteiger partial charge in [-0.05, 0) is 74.1 Å². The van der Waals surface area contributed by atoms with E-state index in [4.69, 9.17) is 0 Å². The fourth-order valence-electron chi connectivity index (χ4n) is 6.17. The largest absolute Gasteiger partial charge is 0.352 e. The summed E-state index contributed by atoms with van der Waals surface area (Å²) in [5.74, 6) is -0.676. The van der Waals surface area contributed by atoms with Gasteiger partial charge in [-0.3, -0.25) is 13.9 Å². The first-order chi connectivity index (χ1) is 22.1. The standard InChI is InChI=1S/C38H43N3O4S/c1-28-14-12-18-32(24-28)26-40(36(25-31-16-6-4-7-17-31)38(43)39-33-19-10-11-20-33)37(42)27-41(35-23-13-15-29(2)30(35)3)46(44,45)34-21-8-5-9-22-34/h4-9,12-18,21-24,33,36H,10-11,19-20,25-27H2,1-3H3,(H,39,43)/t36-/m1/s1. The van der Waals surface area contributed by atoms with Crippen LogP contribution in [0.1, 0.15) is 53.5 Å². The van der Waals surface area contributed by atoms with Crippen molar-refractivity contribution in [3.63, 3.8) is 0 Å². The van der Waals surface area contributed by atoms with Crippen molar-refractivity contribution in [3.05, 3.63) is 131 Å². The van der Waals surface area contributed by atoms with Crippen molar-refractivity contribution in [2.75, 3.05) is 10.8 Å². The van der Waals surface area contributed by atoms with Crippen LogP contribution in [0.3, 0.4) is 0 Å². The summed E-state index contributed by atoms with van der Waals surface area (Å²) in [5.41, 5.74) is 4.92. The van der Waals surface area contributed by atoms with E-state index in [-0.39, 0.29) is 23.4 Å². The Morgan fingerprint density at radius 3 is 2.11 bits per heavy atom. The van der Waals surface area contributed by atoms with Crippen LogP contribution in [0.4, 0.5) is 5.69 Å². The average Bonchev–Trinajstić information content (AvgIpc) is 3.57. The molecule has 1 atom stereocenters. The lowest BCUT2D eigenvalue weighted by Crippen LogP contribution is -2.54. The normalized spacial score (nSPS) is 14.1. The number of hydrogen-bond acceptors (Lipinski definition) is 4. The summed E-state index contributed by atoms with van der Waals surface area (Å²) in [5, 5.41) is 3.22. The van der Waals surface area contributed by atoms with Gasteiger partial charge in [0.15, 0.2) is 0 Å². The predicted octanol–water partition coefficient (Wildman–Crippen LogP) is 6.51. The van der Waals surface area contributed by atoms with Gasteiger partial charge in [0.2, 0.25) is 11.8 Å². The van der Waals surface area contributed by atoms with Gasteiger partial charge >= 0.3 is 0 Å². The molecule has 0 aromatic heterocycles. The number of nitrogens with one attached hydrogen (secondary N) is 1. The van der Waals surface area contributed by atoms with Crippen molar-refractivity contribution >= 4 is 27.5 Å². The van der Waals surface area contributed by atoms with E-state index in [2.05, 4.69) is 5.32 Å².